The number of benzene rings is 2. The zero-order valence-electron chi connectivity index (χ0n) is 20.0. The predicted octanol–water partition coefficient (Wildman–Crippen LogP) is 5.27. The molecule has 4 rings (SSSR count). The van der Waals surface area contributed by atoms with Crippen molar-refractivity contribution < 1.29 is 13.4 Å². The molecule has 0 aromatic heterocycles. The smallest absolute Gasteiger partial charge is 0.224 e. The fraction of sp³-hybridized carbons (Fsp3) is 0.393. The van der Waals surface area contributed by atoms with Crippen LogP contribution in [0.2, 0.25) is 0 Å². The molecular formula is C28H33FN2O2S. The van der Waals surface area contributed by atoms with Crippen molar-refractivity contribution in [3.8, 4) is 0 Å². The second-order valence-electron chi connectivity index (χ2n) is 9.16. The number of hydrogen-bond acceptors (Lipinski definition) is 3. The minimum absolute atomic E-state index is 0.0285. The quantitative estimate of drug-likeness (QED) is 0.524. The van der Waals surface area contributed by atoms with Crippen LogP contribution in [0.25, 0.3) is 17.2 Å². The van der Waals surface area contributed by atoms with Crippen molar-refractivity contribution in [1.82, 2.24) is 10.2 Å². The van der Waals surface area contributed by atoms with Crippen molar-refractivity contribution >= 4 is 33.9 Å². The summed E-state index contributed by atoms with van der Waals surface area (Å²) >= 11 is 0. The van der Waals surface area contributed by atoms with Gasteiger partial charge in [-0.05, 0) is 110 Å². The summed E-state index contributed by atoms with van der Waals surface area (Å²) in [4.78, 5) is 16.0. The molecule has 1 amide bonds. The average Bonchev–Trinajstić information content (AvgIpc) is 3.08. The summed E-state index contributed by atoms with van der Waals surface area (Å²) in [6.07, 6.45) is 8.76. The van der Waals surface area contributed by atoms with Gasteiger partial charge in [0.2, 0.25) is 5.91 Å². The van der Waals surface area contributed by atoms with E-state index in [0.29, 0.717) is 6.54 Å². The Morgan fingerprint density at radius 2 is 1.82 bits per heavy atom. The Balaban J connectivity index is 1.47. The summed E-state index contributed by atoms with van der Waals surface area (Å²) in [5, 5.41) is 3.05. The maximum absolute atomic E-state index is 14.1. The molecule has 0 saturated carbocycles. The highest BCUT2D eigenvalue weighted by Crippen LogP contribution is 2.43. The maximum atomic E-state index is 14.1. The third-order valence-corrected chi connectivity index (χ3v) is 7.67. The number of piperidine rings is 1. The van der Waals surface area contributed by atoms with Gasteiger partial charge in [-0.15, -0.1) is 0 Å². The van der Waals surface area contributed by atoms with Crippen LogP contribution in [-0.2, 0) is 15.6 Å². The lowest BCUT2D eigenvalue weighted by Gasteiger charge is -2.26. The van der Waals surface area contributed by atoms with Gasteiger partial charge in [-0.1, -0.05) is 24.6 Å². The van der Waals surface area contributed by atoms with Crippen molar-refractivity contribution in [2.45, 2.75) is 43.9 Å². The second kappa shape index (κ2) is 11.2. The average molecular weight is 481 g/mol. The first-order valence-corrected chi connectivity index (χ1v) is 13.6. The zero-order valence-corrected chi connectivity index (χ0v) is 20.8. The molecule has 180 valence electrons. The molecule has 0 bridgehead atoms. The third kappa shape index (κ3) is 5.91. The molecule has 1 atom stereocenters. The highest BCUT2D eigenvalue weighted by atomic mass is 32.2. The third-order valence-electron chi connectivity index (χ3n) is 6.74. The van der Waals surface area contributed by atoms with Gasteiger partial charge in [0, 0.05) is 28.5 Å². The fourth-order valence-corrected chi connectivity index (χ4v) is 5.36. The number of nitrogens with one attached hydrogen (secondary N) is 1. The number of carbonyl (C=O) groups excluding carboxylic acids is 1. The first kappa shape index (κ1) is 24.6. The number of amides is 1. The molecule has 1 heterocycles. The molecule has 1 N–H and O–H groups in total. The van der Waals surface area contributed by atoms with Crippen LogP contribution in [0.4, 0.5) is 4.39 Å². The lowest BCUT2D eigenvalue weighted by molar-refractivity contribution is -0.120. The lowest BCUT2D eigenvalue weighted by atomic mass is 10.0. The Morgan fingerprint density at radius 3 is 2.53 bits per heavy atom. The van der Waals surface area contributed by atoms with Crippen molar-refractivity contribution in [1.29, 1.82) is 0 Å². The Hall–Kier alpha value is -2.57. The monoisotopic (exact) mass is 480 g/mol. The molecule has 1 aliphatic carbocycles. The van der Waals surface area contributed by atoms with E-state index in [4.69, 9.17) is 0 Å². The van der Waals surface area contributed by atoms with Crippen LogP contribution in [-0.4, -0.2) is 47.5 Å². The molecule has 34 heavy (non-hydrogen) atoms. The predicted molar refractivity (Wildman–Crippen MR) is 138 cm³/mol. The second-order valence-corrected chi connectivity index (χ2v) is 10.5. The highest BCUT2D eigenvalue weighted by molar-refractivity contribution is 7.84. The molecule has 0 radical (unpaired) electrons. The van der Waals surface area contributed by atoms with Gasteiger partial charge in [-0.25, -0.2) is 4.39 Å². The van der Waals surface area contributed by atoms with E-state index in [0.717, 1.165) is 64.4 Å². The fourth-order valence-electron chi connectivity index (χ4n) is 4.84. The number of hydrogen-bond donors (Lipinski definition) is 1. The highest BCUT2D eigenvalue weighted by Gasteiger charge is 2.25. The first-order valence-electron chi connectivity index (χ1n) is 12.1. The maximum Gasteiger partial charge on any atom is 0.224 e. The van der Waals surface area contributed by atoms with Crippen molar-refractivity contribution in [3.63, 3.8) is 0 Å². The standard InChI is InChI=1S/C28H33FN2O2S/c1-20-25(17-21-7-10-23(11-8-21)34(2)33)24-12-9-22(29)18-27(24)26(20)19-28(32)30-13-6-16-31-14-4-3-5-15-31/h7-12,17-18H,3-6,13-16,19H2,1-2H3,(H,30,32)/b25-17-. The largest absolute Gasteiger partial charge is 0.356 e. The molecule has 1 fully saturated rings. The van der Waals surface area contributed by atoms with E-state index in [1.807, 2.05) is 31.2 Å². The number of rotatable bonds is 8. The van der Waals surface area contributed by atoms with Gasteiger partial charge in [0.25, 0.3) is 0 Å². The van der Waals surface area contributed by atoms with Crippen LogP contribution >= 0.6 is 0 Å². The molecule has 1 aliphatic heterocycles. The van der Waals surface area contributed by atoms with Gasteiger partial charge in [-0.2, -0.15) is 0 Å². The van der Waals surface area contributed by atoms with Gasteiger partial charge >= 0.3 is 0 Å². The zero-order chi connectivity index (χ0) is 24.1. The van der Waals surface area contributed by atoms with Crippen LogP contribution in [0.15, 0.2) is 52.9 Å². The van der Waals surface area contributed by atoms with Crippen LogP contribution < -0.4 is 5.32 Å². The molecule has 2 aliphatic rings. The van der Waals surface area contributed by atoms with Crippen molar-refractivity contribution in [2.24, 2.45) is 0 Å². The van der Waals surface area contributed by atoms with E-state index in [1.54, 1.807) is 12.3 Å². The molecule has 0 spiro atoms. The molecule has 2 aromatic rings. The van der Waals surface area contributed by atoms with Gasteiger partial charge < -0.3 is 10.2 Å². The van der Waals surface area contributed by atoms with Crippen LogP contribution in [0.1, 0.15) is 55.7 Å². The number of halogens is 1. The van der Waals surface area contributed by atoms with E-state index >= 15 is 0 Å². The number of carbonyl (C=O) groups is 1. The topological polar surface area (TPSA) is 49.4 Å². The molecule has 6 heteroatoms. The minimum Gasteiger partial charge on any atom is -0.356 e. The summed E-state index contributed by atoms with van der Waals surface area (Å²) in [5.74, 6) is -0.332. The van der Waals surface area contributed by atoms with E-state index in [1.165, 1.54) is 31.4 Å². The number of likely N-dealkylation sites (tertiary alicyclic amines) is 1. The van der Waals surface area contributed by atoms with Gasteiger partial charge in [0.15, 0.2) is 0 Å². The normalized spacial score (nSPS) is 18.3. The van der Waals surface area contributed by atoms with Crippen LogP contribution in [0, 0.1) is 5.82 Å². The van der Waals surface area contributed by atoms with Crippen LogP contribution in [0.5, 0.6) is 0 Å². The Morgan fingerprint density at radius 1 is 1.09 bits per heavy atom. The minimum atomic E-state index is -1.02. The van der Waals surface area contributed by atoms with E-state index < -0.39 is 10.8 Å². The number of allylic oxidation sites excluding steroid dienone is 2. The SMILES string of the molecule is CC1=C(CC(=O)NCCCN2CCCCC2)c2cc(F)ccc2/C1=C\c1ccc(S(C)=O)cc1. The van der Waals surface area contributed by atoms with Crippen molar-refractivity contribution in [3.05, 3.63) is 70.5 Å². The first-order chi connectivity index (χ1) is 16.4. The van der Waals surface area contributed by atoms with Crippen LogP contribution in [0.3, 0.4) is 0 Å². The van der Waals surface area contributed by atoms with Gasteiger partial charge in [0.1, 0.15) is 5.82 Å². The van der Waals surface area contributed by atoms with E-state index in [2.05, 4.69) is 16.3 Å². The summed E-state index contributed by atoms with van der Waals surface area (Å²) < 4.78 is 25.8. The van der Waals surface area contributed by atoms with Gasteiger partial charge in [-0.3, -0.25) is 9.00 Å². The van der Waals surface area contributed by atoms with E-state index in [9.17, 15) is 13.4 Å². The number of nitrogens with zero attached hydrogens (tertiary/aromatic N) is 1. The molecule has 2 aromatic carbocycles. The Labute approximate surface area is 204 Å². The van der Waals surface area contributed by atoms with Crippen molar-refractivity contribution in [2.75, 3.05) is 32.4 Å². The lowest BCUT2D eigenvalue weighted by Crippen LogP contribution is -2.33. The summed E-state index contributed by atoms with van der Waals surface area (Å²) in [5.41, 5.74) is 5.57. The Kier molecular flexibility index (Phi) is 8.11. The summed E-state index contributed by atoms with van der Waals surface area (Å²) in [6.45, 7) is 6.00. The Bertz CT molecular complexity index is 1130. The molecule has 4 nitrogen and oxygen atoms in total. The van der Waals surface area contributed by atoms with Gasteiger partial charge in [0.05, 0.1) is 6.42 Å². The molecular weight excluding hydrogens is 447 g/mol. The molecule has 1 saturated heterocycles. The summed E-state index contributed by atoms with van der Waals surface area (Å²) in [7, 11) is -1.02. The molecule has 1 unspecified atom stereocenters. The number of fused-ring (bicyclic) bond motifs is 1. The van der Waals surface area contributed by atoms with E-state index in [-0.39, 0.29) is 18.1 Å². The summed E-state index contributed by atoms with van der Waals surface area (Å²) in [6, 6.07) is 12.4.